The molecule has 0 heterocycles. The molecule has 5 N–H and O–H groups in total. The third-order valence-electron chi connectivity index (χ3n) is 1.49. The van der Waals surface area contributed by atoms with Crippen molar-refractivity contribution >= 4 is 0 Å². The molecule has 0 aliphatic rings. The Labute approximate surface area is 136 Å². The first-order valence-electron chi connectivity index (χ1n) is 3.62. The predicted molar refractivity (Wildman–Crippen MR) is 51.2 cm³/mol. The van der Waals surface area contributed by atoms with E-state index in [0.29, 0.717) is 6.54 Å². The summed E-state index contributed by atoms with van der Waals surface area (Å²) in [6, 6.07) is 10.3. The molecule has 0 unspecified atom stereocenters. The minimum absolute atomic E-state index is 0. The summed E-state index contributed by atoms with van der Waals surface area (Å²) >= 11 is 0. The van der Waals surface area contributed by atoms with Crippen LogP contribution in [0.1, 0.15) is 12.0 Å². The van der Waals surface area contributed by atoms with Gasteiger partial charge in [-0.05, 0) is 12.0 Å². The normalized spacial score (nSPS) is 6.93. The van der Waals surface area contributed by atoms with Crippen LogP contribution in [0.4, 0.5) is 0 Å². The molecule has 0 aromatic heterocycles. The zero-order chi connectivity index (χ0) is 7.23. The maximum atomic E-state index is 6.95. The standard InChI is InChI=1S/C9H12N.2H2O.2Y/c10-8-4-7-9-5-2-1-3-6-9;;;;/h1-3,5-6,10H,4,7-8H2;2*1H2;;/q-1;;;;. The molecule has 1 aromatic rings. The summed E-state index contributed by atoms with van der Waals surface area (Å²) in [5.41, 5.74) is 8.29. The first-order valence-corrected chi connectivity index (χ1v) is 3.62. The van der Waals surface area contributed by atoms with Gasteiger partial charge >= 0.3 is 0 Å². The summed E-state index contributed by atoms with van der Waals surface area (Å²) < 4.78 is 0. The van der Waals surface area contributed by atoms with E-state index in [1.807, 2.05) is 18.2 Å². The van der Waals surface area contributed by atoms with Gasteiger partial charge in [0.05, 0.1) is 0 Å². The Kier molecular flexibility index (Phi) is 29.3. The van der Waals surface area contributed by atoms with Gasteiger partial charge in [0.1, 0.15) is 0 Å². The van der Waals surface area contributed by atoms with E-state index >= 15 is 0 Å². The molecule has 0 aliphatic heterocycles. The van der Waals surface area contributed by atoms with E-state index in [2.05, 4.69) is 12.1 Å². The Morgan fingerprint density at radius 3 is 1.86 bits per heavy atom. The van der Waals surface area contributed by atoms with E-state index in [1.165, 1.54) is 5.56 Å². The molecular formula is C9H16NO2Y2-. The van der Waals surface area contributed by atoms with Gasteiger partial charge in [-0.2, -0.15) is 6.54 Å². The Bertz CT molecular complexity index is 185. The minimum Gasteiger partial charge on any atom is -0.677 e. The van der Waals surface area contributed by atoms with Crippen LogP contribution in [0.25, 0.3) is 5.73 Å². The van der Waals surface area contributed by atoms with Crippen LogP contribution >= 0.6 is 0 Å². The first-order chi connectivity index (χ1) is 4.93. The van der Waals surface area contributed by atoms with Crippen molar-refractivity contribution in [2.75, 3.05) is 6.54 Å². The molecule has 2 radical (unpaired) electrons. The average molecular weight is 348 g/mol. The second-order valence-corrected chi connectivity index (χ2v) is 2.34. The van der Waals surface area contributed by atoms with Gasteiger partial charge in [-0.15, -0.1) is 0 Å². The van der Waals surface area contributed by atoms with Crippen LogP contribution in [0.3, 0.4) is 0 Å². The van der Waals surface area contributed by atoms with Crippen molar-refractivity contribution in [1.82, 2.24) is 0 Å². The number of hydrogen-bond acceptors (Lipinski definition) is 0. The Morgan fingerprint density at radius 1 is 0.929 bits per heavy atom. The fraction of sp³-hybridized carbons (Fsp3) is 0.333. The van der Waals surface area contributed by atoms with Crippen LogP contribution < -0.4 is 0 Å². The molecule has 0 bridgehead atoms. The number of nitrogens with one attached hydrogen (secondary N) is 1. The fourth-order valence-electron chi connectivity index (χ4n) is 0.937. The largest absolute Gasteiger partial charge is 0.677 e. The minimum atomic E-state index is 0. The van der Waals surface area contributed by atoms with E-state index < -0.39 is 0 Å². The van der Waals surface area contributed by atoms with E-state index in [4.69, 9.17) is 5.73 Å². The van der Waals surface area contributed by atoms with Gasteiger partial charge < -0.3 is 16.7 Å². The van der Waals surface area contributed by atoms with Gasteiger partial charge in [0, 0.05) is 65.4 Å². The van der Waals surface area contributed by atoms with E-state index in [1.54, 1.807) is 0 Å². The van der Waals surface area contributed by atoms with E-state index in [-0.39, 0.29) is 76.4 Å². The monoisotopic (exact) mass is 348 g/mol. The van der Waals surface area contributed by atoms with Crippen molar-refractivity contribution in [2.24, 2.45) is 0 Å². The van der Waals surface area contributed by atoms with Gasteiger partial charge in [-0.25, -0.2) is 0 Å². The first kappa shape index (κ1) is 24.5. The molecule has 0 atom stereocenters. The molecule has 1 aromatic carbocycles. The van der Waals surface area contributed by atoms with Crippen LogP contribution in [0, 0.1) is 0 Å². The molecule has 0 saturated heterocycles. The summed E-state index contributed by atoms with van der Waals surface area (Å²) in [5, 5.41) is 0. The van der Waals surface area contributed by atoms with Gasteiger partial charge in [-0.1, -0.05) is 36.8 Å². The average Bonchev–Trinajstić information content (AvgIpc) is 2.03. The van der Waals surface area contributed by atoms with Crippen LogP contribution in [0.2, 0.25) is 0 Å². The van der Waals surface area contributed by atoms with E-state index in [9.17, 15) is 0 Å². The summed E-state index contributed by atoms with van der Waals surface area (Å²) in [4.78, 5) is 0. The third-order valence-corrected chi connectivity index (χ3v) is 1.49. The molecule has 3 nitrogen and oxygen atoms in total. The molecule has 14 heavy (non-hydrogen) atoms. The number of rotatable bonds is 3. The second kappa shape index (κ2) is 16.7. The number of aryl methyl sites for hydroxylation is 1. The summed E-state index contributed by atoms with van der Waals surface area (Å²) in [6.07, 6.45) is 2.02. The van der Waals surface area contributed by atoms with Gasteiger partial charge in [-0.3, -0.25) is 0 Å². The molecule has 0 fully saturated rings. The number of benzene rings is 1. The smallest absolute Gasteiger partial charge is 0 e. The molecule has 1 rings (SSSR count). The van der Waals surface area contributed by atoms with Crippen LogP contribution in [-0.4, -0.2) is 17.5 Å². The van der Waals surface area contributed by atoms with Gasteiger partial charge in [0.15, 0.2) is 0 Å². The second-order valence-electron chi connectivity index (χ2n) is 2.34. The Morgan fingerprint density at radius 2 is 1.43 bits per heavy atom. The van der Waals surface area contributed by atoms with Crippen molar-refractivity contribution in [3.63, 3.8) is 0 Å². The summed E-state index contributed by atoms with van der Waals surface area (Å²) in [7, 11) is 0. The Balaban J connectivity index is -0.000000125. The molecule has 0 amide bonds. The van der Waals surface area contributed by atoms with Crippen molar-refractivity contribution in [3.05, 3.63) is 41.6 Å². The predicted octanol–water partition coefficient (Wildman–Crippen LogP) is 1.02. The maximum absolute atomic E-state index is 6.95. The summed E-state index contributed by atoms with van der Waals surface area (Å²) in [5.74, 6) is 0. The van der Waals surface area contributed by atoms with Crippen LogP contribution in [0.15, 0.2) is 30.3 Å². The number of hydrogen-bond donors (Lipinski definition) is 0. The van der Waals surface area contributed by atoms with E-state index in [0.717, 1.165) is 12.8 Å². The topological polar surface area (TPSA) is 86.8 Å². The molecule has 5 heteroatoms. The fourth-order valence-corrected chi connectivity index (χ4v) is 0.937. The van der Waals surface area contributed by atoms with Gasteiger partial charge in [0.25, 0.3) is 0 Å². The SMILES string of the molecule is O.O.[NH-]CCCc1ccccc1.[Y].[Y]. The van der Waals surface area contributed by atoms with Crippen molar-refractivity contribution < 1.29 is 76.4 Å². The Hall–Kier alpha value is 1.31. The van der Waals surface area contributed by atoms with Crippen LogP contribution in [0.5, 0.6) is 0 Å². The van der Waals surface area contributed by atoms with Crippen molar-refractivity contribution in [3.8, 4) is 0 Å². The third kappa shape index (κ3) is 11.4. The zero-order valence-electron chi connectivity index (χ0n) is 8.16. The zero-order valence-corrected chi connectivity index (χ0v) is 13.8. The maximum Gasteiger partial charge on any atom is 0 e. The van der Waals surface area contributed by atoms with Gasteiger partial charge in [0.2, 0.25) is 0 Å². The van der Waals surface area contributed by atoms with Crippen LogP contribution in [-0.2, 0) is 71.8 Å². The molecule has 0 saturated carbocycles. The quantitative estimate of drug-likeness (QED) is 0.781. The molecular weight excluding hydrogens is 332 g/mol. The molecule has 0 spiro atoms. The van der Waals surface area contributed by atoms with Crippen molar-refractivity contribution in [1.29, 1.82) is 0 Å². The van der Waals surface area contributed by atoms with Crippen molar-refractivity contribution in [2.45, 2.75) is 12.8 Å². The summed E-state index contributed by atoms with van der Waals surface area (Å²) in [6.45, 7) is 0.537. The molecule has 76 valence electrons. The molecule has 0 aliphatic carbocycles.